The van der Waals surface area contributed by atoms with Crippen LogP contribution in [0.2, 0.25) is 0 Å². The first-order valence-corrected chi connectivity index (χ1v) is 6.33. The largest absolute Gasteiger partial charge is 0.270 e. The Balaban J connectivity index is 2.70. The van der Waals surface area contributed by atoms with E-state index < -0.39 is 4.92 Å². The van der Waals surface area contributed by atoms with E-state index in [1.165, 1.54) is 6.07 Å². The van der Waals surface area contributed by atoms with E-state index in [-0.39, 0.29) is 11.1 Å². The monoisotopic (exact) mass is 308 g/mol. The van der Waals surface area contributed by atoms with Gasteiger partial charge in [0.2, 0.25) is 0 Å². The Kier molecular flexibility index (Phi) is 3.11. The Hall–Kier alpha value is -1.49. The van der Waals surface area contributed by atoms with Crippen LogP contribution in [0.1, 0.15) is 26.5 Å². The van der Waals surface area contributed by atoms with Crippen molar-refractivity contribution in [2.75, 3.05) is 0 Å². The molecule has 0 fully saturated rings. The molecule has 0 aliphatic heterocycles. The number of nitro benzene ring substituents is 1. The molecule has 0 aliphatic rings. The second-order valence-electron chi connectivity index (χ2n) is 5.20. The fourth-order valence-corrected chi connectivity index (χ4v) is 2.20. The third-order valence-electron chi connectivity index (χ3n) is 2.72. The van der Waals surface area contributed by atoms with Crippen LogP contribution in [0.25, 0.3) is 10.9 Å². The summed E-state index contributed by atoms with van der Waals surface area (Å²) in [7, 11) is 0. The highest BCUT2D eigenvalue weighted by molar-refractivity contribution is 9.10. The molecule has 0 spiro atoms. The lowest BCUT2D eigenvalue weighted by Crippen LogP contribution is -2.13. The molecule has 5 heteroatoms. The van der Waals surface area contributed by atoms with Gasteiger partial charge >= 0.3 is 0 Å². The minimum Gasteiger partial charge on any atom is -0.258 e. The van der Waals surface area contributed by atoms with E-state index in [1.807, 2.05) is 6.07 Å². The van der Waals surface area contributed by atoms with Crippen LogP contribution in [-0.2, 0) is 5.41 Å². The summed E-state index contributed by atoms with van der Waals surface area (Å²) >= 11 is 3.46. The summed E-state index contributed by atoms with van der Waals surface area (Å²) in [5, 5.41) is 11.5. The van der Waals surface area contributed by atoms with Crippen LogP contribution in [0.5, 0.6) is 0 Å². The highest BCUT2D eigenvalue weighted by Crippen LogP contribution is 2.31. The van der Waals surface area contributed by atoms with Gasteiger partial charge in [0.15, 0.2) is 0 Å². The Morgan fingerprint density at radius 3 is 2.50 bits per heavy atom. The molecule has 0 unspecified atom stereocenters. The average Bonchev–Trinajstić information content (AvgIpc) is 2.27. The molecule has 0 atom stereocenters. The molecule has 0 saturated heterocycles. The number of halogens is 1. The van der Waals surface area contributed by atoms with Gasteiger partial charge in [-0.25, -0.2) is 0 Å². The number of hydrogen-bond acceptors (Lipinski definition) is 3. The molecule has 0 amide bonds. The van der Waals surface area contributed by atoms with Crippen molar-refractivity contribution in [3.05, 3.63) is 44.5 Å². The second kappa shape index (κ2) is 4.31. The van der Waals surface area contributed by atoms with Crippen LogP contribution in [0.3, 0.4) is 0 Å². The minimum absolute atomic E-state index is 0.0571. The predicted molar refractivity (Wildman–Crippen MR) is 74.8 cm³/mol. The summed E-state index contributed by atoms with van der Waals surface area (Å²) in [6.07, 6.45) is 0. The normalized spacial score (nSPS) is 11.8. The van der Waals surface area contributed by atoms with Gasteiger partial charge in [0.05, 0.1) is 10.4 Å². The highest BCUT2D eigenvalue weighted by atomic mass is 79.9. The van der Waals surface area contributed by atoms with Crippen molar-refractivity contribution < 1.29 is 4.92 Å². The van der Waals surface area contributed by atoms with Crippen molar-refractivity contribution in [3.8, 4) is 0 Å². The molecule has 0 N–H and O–H groups in total. The fourth-order valence-electron chi connectivity index (χ4n) is 1.67. The van der Waals surface area contributed by atoms with E-state index in [0.717, 1.165) is 21.1 Å². The molecule has 4 nitrogen and oxygen atoms in total. The molecule has 0 saturated carbocycles. The van der Waals surface area contributed by atoms with E-state index in [4.69, 9.17) is 0 Å². The third-order valence-corrected chi connectivity index (χ3v) is 3.38. The van der Waals surface area contributed by atoms with E-state index in [1.54, 1.807) is 12.1 Å². The van der Waals surface area contributed by atoms with Gasteiger partial charge in [0.25, 0.3) is 5.69 Å². The second-order valence-corrected chi connectivity index (χ2v) is 6.05. The molecule has 0 bridgehead atoms. The number of aromatic nitrogens is 1. The van der Waals surface area contributed by atoms with Gasteiger partial charge in [-0.15, -0.1) is 0 Å². The van der Waals surface area contributed by atoms with Crippen LogP contribution in [-0.4, -0.2) is 9.91 Å². The lowest BCUT2D eigenvalue weighted by atomic mass is 9.91. The maximum absolute atomic E-state index is 10.8. The summed E-state index contributed by atoms with van der Waals surface area (Å²) in [6.45, 7) is 6.25. The zero-order chi connectivity index (χ0) is 13.5. The molecule has 1 heterocycles. The van der Waals surface area contributed by atoms with Crippen LogP contribution in [0, 0.1) is 10.1 Å². The third kappa shape index (κ3) is 2.36. The molecular weight excluding hydrogens is 296 g/mol. The van der Waals surface area contributed by atoms with E-state index >= 15 is 0 Å². The number of pyridine rings is 1. The molecule has 1 aromatic carbocycles. The number of fused-ring (bicyclic) bond motifs is 1. The number of non-ortho nitro benzene ring substituents is 1. The van der Waals surface area contributed by atoms with Crippen molar-refractivity contribution in [3.63, 3.8) is 0 Å². The SMILES string of the molecule is CC(C)(C)c1cc(Br)c2cc([N+](=O)[O-])ccc2n1. The van der Waals surface area contributed by atoms with Gasteiger partial charge in [0, 0.05) is 33.1 Å². The van der Waals surface area contributed by atoms with Crippen LogP contribution < -0.4 is 0 Å². The topological polar surface area (TPSA) is 56.0 Å². The maximum Gasteiger partial charge on any atom is 0.270 e. The van der Waals surface area contributed by atoms with Crippen molar-refractivity contribution in [2.45, 2.75) is 26.2 Å². The molecule has 94 valence electrons. The number of benzene rings is 1. The zero-order valence-electron chi connectivity index (χ0n) is 10.4. The van der Waals surface area contributed by atoms with Crippen molar-refractivity contribution in [2.24, 2.45) is 0 Å². The molecule has 18 heavy (non-hydrogen) atoms. The van der Waals surface area contributed by atoms with Crippen molar-refractivity contribution in [1.29, 1.82) is 0 Å². The molecule has 0 radical (unpaired) electrons. The van der Waals surface area contributed by atoms with E-state index in [9.17, 15) is 10.1 Å². The van der Waals surface area contributed by atoms with Gasteiger partial charge in [-0.05, 0) is 12.1 Å². The smallest absolute Gasteiger partial charge is 0.258 e. The fraction of sp³-hybridized carbons (Fsp3) is 0.308. The lowest BCUT2D eigenvalue weighted by Gasteiger charge is -2.18. The predicted octanol–water partition coefficient (Wildman–Crippen LogP) is 4.20. The zero-order valence-corrected chi connectivity index (χ0v) is 12.0. The minimum atomic E-state index is -0.399. The van der Waals surface area contributed by atoms with Gasteiger partial charge in [-0.3, -0.25) is 15.1 Å². The van der Waals surface area contributed by atoms with Gasteiger partial charge in [0.1, 0.15) is 0 Å². The lowest BCUT2D eigenvalue weighted by molar-refractivity contribution is -0.384. The number of nitrogens with zero attached hydrogens (tertiary/aromatic N) is 2. The van der Waals surface area contributed by atoms with Crippen LogP contribution in [0.15, 0.2) is 28.7 Å². The van der Waals surface area contributed by atoms with E-state index in [2.05, 4.69) is 41.7 Å². The first-order chi connectivity index (χ1) is 8.29. The first kappa shape index (κ1) is 13.0. The molecule has 1 aromatic heterocycles. The van der Waals surface area contributed by atoms with Crippen molar-refractivity contribution >= 4 is 32.5 Å². The number of rotatable bonds is 1. The number of nitro groups is 1. The Bertz CT molecular complexity index is 633. The Morgan fingerprint density at radius 2 is 1.94 bits per heavy atom. The quantitative estimate of drug-likeness (QED) is 0.586. The summed E-state index contributed by atoms with van der Waals surface area (Å²) in [5.74, 6) is 0. The molecule has 2 aromatic rings. The summed E-state index contributed by atoms with van der Waals surface area (Å²) in [4.78, 5) is 14.9. The highest BCUT2D eigenvalue weighted by Gasteiger charge is 2.18. The molecule has 2 rings (SSSR count). The van der Waals surface area contributed by atoms with Gasteiger partial charge in [-0.2, -0.15) is 0 Å². The summed E-state index contributed by atoms with van der Waals surface area (Å²) in [5.41, 5.74) is 1.74. The Morgan fingerprint density at radius 1 is 1.28 bits per heavy atom. The van der Waals surface area contributed by atoms with Crippen LogP contribution >= 0.6 is 15.9 Å². The average molecular weight is 309 g/mol. The summed E-state index contributed by atoms with van der Waals surface area (Å²) in [6, 6.07) is 6.63. The van der Waals surface area contributed by atoms with Crippen molar-refractivity contribution in [1.82, 2.24) is 4.98 Å². The maximum atomic E-state index is 10.8. The Labute approximate surface area is 113 Å². The standard InChI is InChI=1S/C13H13BrN2O2/c1-13(2,3)12-7-10(14)9-6-8(16(17)18)4-5-11(9)15-12/h4-7H,1-3H3. The van der Waals surface area contributed by atoms with Gasteiger partial charge in [-0.1, -0.05) is 36.7 Å². The first-order valence-electron chi connectivity index (χ1n) is 5.54. The van der Waals surface area contributed by atoms with Crippen LogP contribution in [0.4, 0.5) is 5.69 Å². The van der Waals surface area contributed by atoms with Gasteiger partial charge < -0.3 is 0 Å². The summed E-state index contributed by atoms with van der Waals surface area (Å²) < 4.78 is 0.834. The van der Waals surface area contributed by atoms with E-state index in [0.29, 0.717) is 0 Å². The molecule has 0 aliphatic carbocycles. The number of hydrogen-bond donors (Lipinski definition) is 0. The molecular formula is C13H13BrN2O2.